The van der Waals surface area contributed by atoms with Gasteiger partial charge < -0.3 is 24.1 Å². The van der Waals surface area contributed by atoms with Crippen LogP contribution in [0.25, 0.3) is 11.0 Å². The van der Waals surface area contributed by atoms with Crippen molar-refractivity contribution in [2.75, 3.05) is 26.2 Å². The Kier molecular flexibility index (Phi) is 7.80. The van der Waals surface area contributed by atoms with Crippen molar-refractivity contribution in [3.8, 4) is 11.5 Å². The zero-order chi connectivity index (χ0) is 26.0. The van der Waals surface area contributed by atoms with Crippen molar-refractivity contribution in [1.29, 1.82) is 0 Å². The fourth-order valence-corrected chi connectivity index (χ4v) is 6.45. The SMILES string of the molecule is CCCCc1cc(=O)oc2c3c(cc(OCC(=O)NC[C@@H]4CCCN5CCCC[C@H]45)c12)OC(C)(C)CC3. The number of piperidine rings is 2. The second-order valence-corrected chi connectivity index (χ2v) is 11.7. The maximum Gasteiger partial charge on any atom is 0.336 e. The molecule has 202 valence electrons. The number of nitrogens with zero attached hydrogens (tertiary/aromatic N) is 1. The number of aryl methyl sites for hydroxylation is 2. The van der Waals surface area contributed by atoms with Gasteiger partial charge in [-0.2, -0.15) is 0 Å². The standard InChI is InChI=1S/C30H42N2O5/c1-4-5-9-20-16-27(34)36-29-22-12-13-30(2,3)37-24(22)17-25(28(20)29)35-19-26(33)31-18-21-10-8-15-32-14-7-6-11-23(21)32/h16-17,21,23H,4-15,18-19H2,1-3H3,(H,31,33)/t21-,23+/m0/s1. The van der Waals surface area contributed by atoms with Crippen LogP contribution in [0.2, 0.25) is 0 Å². The van der Waals surface area contributed by atoms with E-state index in [0.29, 0.717) is 35.6 Å². The van der Waals surface area contributed by atoms with E-state index in [9.17, 15) is 9.59 Å². The summed E-state index contributed by atoms with van der Waals surface area (Å²) in [6, 6.07) is 4.06. The minimum atomic E-state index is -0.357. The van der Waals surface area contributed by atoms with E-state index in [-0.39, 0.29) is 23.7 Å². The van der Waals surface area contributed by atoms with Gasteiger partial charge in [-0.3, -0.25) is 4.79 Å². The molecule has 1 aromatic heterocycles. The number of nitrogens with one attached hydrogen (secondary N) is 1. The van der Waals surface area contributed by atoms with Crippen molar-refractivity contribution in [1.82, 2.24) is 10.2 Å². The molecule has 0 radical (unpaired) electrons. The Labute approximate surface area is 219 Å². The van der Waals surface area contributed by atoms with Crippen molar-refractivity contribution in [2.24, 2.45) is 5.92 Å². The molecule has 7 heteroatoms. The lowest BCUT2D eigenvalue weighted by molar-refractivity contribution is -0.123. The van der Waals surface area contributed by atoms with E-state index < -0.39 is 0 Å². The van der Waals surface area contributed by atoms with Gasteiger partial charge in [0.1, 0.15) is 22.7 Å². The molecule has 2 aromatic rings. The van der Waals surface area contributed by atoms with Crippen molar-refractivity contribution in [3.05, 3.63) is 33.7 Å². The third-order valence-corrected chi connectivity index (χ3v) is 8.43. The van der Waals surface area contributed by atoms with Crippen LogP contribution in [-0.2, 0) is 17.6 Å². The molecular formula is C30H42N2O5. The second-order valence-electron chi connectivity index (χ2n) is 11.7. The van der Waals surface area contributed by atoms with Crippen molar-refractivity contribution in [3.63, 3.8) is 0 Å². The molecule has 0 spiro atoms. The Morgan fingerprint density at radius 2 is 2.03 bits per heavy atom. The van der Waals surface area contributed by atoms with Crippen LogP contribution in [0, 0.1) is 5.92 Å². The summed E-state index contributed by atoms with van der Waals surface area (Å²) in [4.78, 5) is 28.0. The third-order valence-electron chi connectivity index (χ3n) is 8.43. The maximum absolute atomic E-state index is 12.9. The lowest BCUT2D eigenvalue weighted by atomic mass is 9.83. The summed E-state index contributed by atoms with van der Waals surface area (Å²) in [5.41, 5.74) is 1.70. The van der Waals surface area contributed by atoms with Gasteiger partial charge >= 0.3 is 5.63 Å². The van der Waals surface area contributed by atoms with Gasteiger partial charge in [0, 0.05) is 30.3 Å². The second kappa shape index (κ2) is 11.1. The zero-order valence-electron chi connectivity index (χ0n) is 22.7. The first-order valence-corrected chi connectivity index (χ1v) is 14.3. The van der Waals surface area contributed by atoms with E-state index >= 15 is 0 Å². The smallest absolute Gasteiger partial charge is 0.336 e. The van der Waals surface area contributed by atoms with E-state index in [4.69, 9.17) is 13.9 Å². The van der Waals surface area contributed by atoms with E-state index in [2.05, 4.69) is 31.0 Å². The number of rotatable bonds is 8. The Balaban J connectivity index is 1.35. The molecule has 3 aliphatic rings. The van der Waals surface area contributed by atoms with Gasteiger partial charge in [0.25, 0.3) is 5.91 Å². The van der Waals surface area contributed by atoms with Crippen LogP contribution < -0.4 is 20.4 Å². The summed E-state index contributed by atoms with van der Waals surface area (Å²) in [6.07, 6.45) is 10.5. The number of carbonyl (C=O) groups excluding carboxylic acids is 1. The van der Waals surface area contributed by atoms with Crippen LogP contribution in [-0.4, -0.2) is 48.7 Å². The summed E-state index contributed by atoms with van der Waals surface area (Å²) in [5.74, 6) is 1.61. The number of benzene rings is 1. The van der Waals surface area contributed by atoms with Crippen LogP contribution in [0.4, 0.5) is 0 Å². The van der Waals surface area contributed by atoms with E-state index in [1.165, 1.54) is 45.2 Å². The lowest BCUT2D eigenvalue weighted by Crippen LogP contribution is -2.51. The highest BCUT2D eigenvalue weighted by atomic mass is 16.5. The Bertz CT molecular complexity index is 1180. The molecule has 3 aliphatic heterocycles. The number of hydrogen-bond acceptors (Lipinski definition) is 6. The predicted molar refractivity (Wildman–Crippen MR) is 145 cm³/mol. The highest BCUT2D eigenvalue weighted by molar-refractivity contribution is 5.92. The molecular weight excluding hydrogens is 468 g/mol. The highest BCUT2D eigenvalue weighted by Gasteiger charge is 2.33. The molecule has 0 bridgehead atoms. The fourth-order valence-electron chi connectivity index (χ4n) is 6.45. The molecule has 1 aromatic carbocycles. The highest BCUT2D eigenvalue weighted by Crippen LogP contribution is 2.43. The largest absolute Gasteiger partial charge is 0.487 e. The first kappa shape index (κ1) is 26.1. The van der Waals surface area contributed by atoms with Crippen LogP contribution in [0.5, 0.6) is 11.5 Å². The zero-order valence-corrected chi connectivity index (χ0v) is 22.7. The summed E-state index contributed by atoms with van der Waals surface area (Å²) < 4.78 is 18.2. The minimum Gasteiger partial charge on any atom is -0.487 e. The number of unbranched alkanes of at least 4 members (excludes halogenated alkanes) is 1. The number of hydrogen-bond donors (Lipinski definition) is 1. The molecule has 5 rings (SSSR count). The molecule has 2 saturated heterocycles. The van der Waals surface area contributed by atoms with Crippen molar-refractivity contribution in [2.45, 2.75) is 96.6 Å². The Morgan fingerprint density at radius 1 is 1.19 bits per heavy atom. The van der Waals surface area contributed by atoms with Gasteiger partial charge in [0.2, 0.25) is 0 Å². The van der Waals surface area contributed by atoms with Crippen LogP contribution in [0.1, 0.15) is 83.3 Å². The van der Waals surface area contributed by atoms with Gasteiger partial charge in [0.15, 0.2) is 6.61 Å². The van der Waals surface area contributed by atoms with Crippen LogP contribution in [0.3, 0.4) is 0 Å². The first-order chi connectivity index (χ1) is 17.8. The van der Waals surface area contributed by atoms with E-state index in [1.807, 2.05) is 6.07 Å². The topological polar surface area (TPSA) is 81.0 Å². The van der Waals surface area contributed by atoms with Gasteiger partial charge in [-0.05, 0) is 89.8 Å². The molecule has 37 heavy (non-hydrogen) atoms. The number of ether oxygens (including phenoxy) is 2. The number of amides is 1. The number of carbonyl (C=O) groups is 1. The van der Waals surface area contributed by atoms with Crippen LogP contribution in [0.15, 0.2) is 21.3 Å². The van der Waals surface area contributed by atoms with Gasteiger partial charge in [0.05, 0.1) is 5.39 Å². The van der Waals surface area contributed by atoms with Crippen LogP contribution >= 0.6 is 0 Å². The minimum absolute atomic E-state index is 0.0786. The average Bonchev–Trinajstić information content (AvgIpc) is 2.88. The maximum atomic E-state index is 12.9. The molecule has 1 N–H and O–H groups in total. The lowest BCUT2D eigenvalue weighted by Gasteiger charge is -2.44. The predicted octanol–water partition coefficient (Wildman–Crippen LogP) is 5.00. The molecule has 2 atom stereocenters. The molecule has 4 heterocycles. The number of fused-ring (bicyclic) bond motifs is 4. The molecule has 0 saturated carbocycles. The third kappa shape index (κ3) is 5.82. The van der Waals surface area contributed by atoms with Crippen molar-refractivity contribution < 1.29 is 18.7 Å². The molecule has 0 aliphatic carbocycles. The Hall–Kier alpha value is -2.54. The summed E-state index contributed by atoms with van der Waals surface area (Å²) in [7, 11) is 0. The molecule has 0 unspecified atom stereocenters. The summed E-state index contributed by atoms with van der Waals surface area (Å²) in [5, 5.41) is 3.94. The monoisotopic (exact) mass is 510 g/mol. The fraction of sp³-hybridized carbons (Fsp3) is 0.667. The van der Waals surface area contributed by atoms with E-state index in [1.54, 1.807) is 6.07 Å². The Morgan fingerprint density at radius 3 is 2.86 bits per heavy atom. The van der Waals surface area contributed by atoms with E-state index in [0.717, 1.165) is 48.6 Å². The first-order valence-electron chi connectivity index (χ1n) is 14.3. The molecule has 1 amide bonds. The quantitative estimate of drug-likeness (QED) is 0.504. The average molecular weight is 511 g/mol. The van der Waals surface area contributed by atoms with Gasteiger partial charge in [-0.25, -0.2) is 4.79 Å². The molecule has 7 nitrogen and oxygen atoms in total. The molecule has 2 fully saturated rings. The summed E-state index contributed by atoms with van der Waals surface area (Å²) in [6.45, 7) is 9.25. The van der Waals surface area contributed by atoms with Gasteiger partial charge in [-0.1, -0.05) is 19.8 Å². The van der Waals surface area contributed by atoms with Gasteiger partial charge in [-0.15, -0.1) is 0 Å². The summed E-state index contributed by atoms with van der Waals surface area (Å²) >= 11 is 0. The normalized spacial score (nSPS) is 23.1. The van der Waals surface area contributed by atoms with Crippen molar-refractivity contribution >= 4 is 16.9 Å².